The number of rotatable bonds is 6. The Hall–Kier alpha value is -3.49. The van der Waals surface area contributed by atoms with Crippen LogP contribution < -0.4 is 0 Å². The van der Waals surface area contributed by atoms with Crippen LogP contribution >= 0.6 is 0 Å². The van der Waals surface area contributed by atoms with Gasteiger partial charge in [-0.1, -0.05) is 56.4 Å². The highest BCUT2D eigenvalue weighted by molar-refractivity contribution is 5.82. The van der Waals surface area contributed by atoms with Gasteiger partial charge < -0.3 is 24.1 Å². The molecule has 8 heteroatoms. The van der Waals surface area contributed by atoms with Crippen LogP contribution in [-0.4, -0.2) is 51.6 Å². The molecule has 0 amide bonds. The molecule has 1 aromatic heterocycles. The number of aliphatic hydroxyl groups is 2. The first kappa shape index (κ1) is 33.0. The van der Waals surface area contributed by atoms with Crippen molar-refractivity contribution in [1.82, 2.24) is 4.98 Å². The minimum absolute atomic E-state index is 0.0114. The highest BCUT2D eigenvalue weighted by atomic mass is 16.5. The molecule has 0 saturated carbocycles. The van der Waals surface area contributed by atoms with Crippen LogP contribution in [0, 0.1) is 24.7 Å². The third-order valence-electron chi connectivity index (χ3n) is 7.92. The maximum absolute atomic E-state index is 12.8. The molecule has 228 valence electrons. The van der Waals surface area contributed by atoms with Crippen molar-refractivity contribution in [3.8, 4) is 0 Å². The van der Waals surface area contributed by atoms with E-state index in [9.17, 15) is 19.8 Å². The van der Waals surface area contributed by atoms with E-state index in [0.29, 0.717) is 36.3 Å². The Kier molecular flexibility index (Phi) is 12.3. The summed E-state index contributed by atoms with van der Waals surface area (Å²) in [4.78, 5) is 29.3. The molecule has 2 bridgehead atoms. The molecule has 1 fully saturated rings. The number of carbonyl (C=O) groups excluding carboxylic acids is 2. The minimum atomic E-state index is -0.910. The zero-order valence-corrected chi connectivity index (χ0v) is 25.5. The molecule has 2 aliphatic rings. The number of hydrogen-bond acceptors (Lipinski definition) is 8. The van der Waals surface area contributed by atoms with Gasteiger partial charge in [0.05, 0.1) is 12.2 Å². The third kappa shape index (κ3) is 10.1. The topological polar surface area (TPSA) is 119 Å². The first-order chi connectivity index (χ1) is 19.9. The molecule has 0 aliphatic carbocycles. The number of ether oxygens (including phenoxy) is 2. The Morgan fingerprint density at radius 3 is 2.64 bits per heavy atom. The van der Waals surface area contributed by atoms with Crippen molar-refractivity contribution in [2.24, 2.45) is 17.8 Å². The van der Waals surface area contributed by atoms with Crippen molar-refractivity contribution in [2.75, 3.05) is 0 Å². The summed E-state index contributed by atoms with van der Waals surface area (Å²) in [7, 11) is 0. The van der Waals surface area contributed by atoms with Crippen molar-refractivity contribution in [3.63, 3.8) is 0 Å². The van der Waals surface area contributed by atoms with Crippen LogP contribution in [0.25, 0.3) is 6.08 Å². The van der Waals surface area contributed by atoms with Gasteiger partial charge in [-0.2, -0.15) is 0 Å². The number of oxazole rings is 1. The van der Waals surface area contributed by atoms with Gasteiger partial charge in [-0.05, 0) is 62.3 Å². The summed E-state index contributed by atoms with van der Waals surface area (Å²) in [5.74, 6) is -0.577. The maximum Gasteiger partial charge on any atom is 0.330 e. The third-order valence-corrected chi connectivity index (χ3v) is 7.92. The van der Waals surface area contributed by atoms with Crippen molar-refractivity contribution in [1.29, 1.82) is 0 Å². The lowest BCUT2D eigenvalue weighted by Crippen LogP contribution is -2.36. The molecule has 42 heavy (non-hydrogen) atoms. The Balaban J connectivity index is 1.76. The average molecular weight is 580 g/mol. The van der Waals surface area contributed by atoms with Gasteiger partial charge in [0.25, 0.3) is 0 Å². The molecular formula is C34H45NO7. The Morgan fingerprint density at radius 2 is 1.93 bits per heavy atom. The molecule has 3 heterocycles. The van der Waals surface area contributed by atoms with Gasteiger partial charge in [-0.15, -0.1) is 0 Å². The van der Waals surface area contributed by atoms with E-state index in [2.05, 4.69) is 4.98 Å². The van der Waals surface area contributed by atoms with E-state index in [-0.39, 0.29) is 30.3 Å². The molecule has 7 atom stereocenters. The largest absolute Gasteiger partial charge is 0.462 e. The summed E-state index contributed by atoms with van der Waals surface area (Å²) in [6.45, 7) is 11.2. The fraction of sp³-hybridized carbons (Fsp3) is 0.500. The highest BCUT2D eigenvalue weighted by Crippen LogP contribution is 2.30. The first-order valence-electron chi connectivity index (χ1n) is 14.7. The van der Waals surface area contributed by atoms with Gasteiger partial charge in [-0.25, -0.2) is 9.78 Å². The number of cyclic esters (lactones) is 1. The maximum atomic E-state index is 12.8. The summed E-state index contributed by atoms with van der Waals surface area (Å²) >= 11 is 0. The van der Waals surface area contributed by atoms with Gasteiger partial charge in [0.2, 0.25) is 0 Å². The number of nitrogens with zero attached hydrogens (tertiary/aromatic N) is 1. The van der Waals surface area contributed by atoms with Gasteiger partial charge >= 0.3 is 11.9 Å². The molecule has 2 aliphatic heterocycles. The summed E-state index contributed by atoms with van der Waals surface area (Å²) in [5, 5.41) is 22.1. The molecule has 7 unspecified atom stereocenters. The van der Waals surface area contributed by atoms with Gasteiger partial charge in [0, 0.05) is 37.7 Å². The average Bonchev–Trinajstić information content (AvgIpc) is 3.34. The summed E-state index contributed by atoms with van der Waals surface area (Å²) in [6.07, 6.45) is 16.8. The lowest BCUT2D eigenvalue weighted by atomic mass is 9.86. The number of esters is 2. The Labute approximate surface area is 249 Å². The van der Waals surface area contributed by atoms with Crippen molar-refractivity contribution >= 4 is 18.0 Å². The number of hydrogen-bond donors (Lipinski definition) is 2. The normalized spacial score (nSPS) is 31.0. The van der Waals surface area contributed by atoms with E-state index < -0.39 is 30.2 Å². The number of fused-ring (bicyclic) bond motifs is 2. The van der Waals surface area contributed by atoms with Crippen LogP contribution in [0.4, 0.5) is 0 Å². The van der Waals surface area contributed by atoms with E-state index in [1.807, 2.05) is 77.2 Å². The standard InChI is InChI=1S/C34H45NO7/c1-21(16-28-20-40-26(6)35-28)10-7-13-24(4)34(39)25(5)31-19-29(36)22(2)11-8-12-23(3)30-17-27(18-33(38)41-30)14-9-15-32(37)42-31/h7-13,15-16,20,23,25,27,29-31,34,36,39H,14,17-19H2,1-6H3/b10-7+,12-8+,15-9-,21-16+,22-11+,24-13-. The molecule has 0 spiro atoms. The zero-order chi connectivity index (χ0) is 30.8. The molecule has 1 aromatic rings. The number of carbonyl (C=O) groups is 2. The van der Waals surface area contributed by atoms with Gasteiger partial charge in [0.1, 0.15) is 24.2 Å². The predicted octanol–water partition coefficient (Wildman–Crippen LogP) is 5.97. The van der Waals surface area contributed by atoms with Crippen LogP contribution in [0.2, 0.25) is 0 Å². The monoisotopic (exact) mass is 579 g/mol. The lowest BCUT2D eigenvalue weighted by Gasteiger charge is -2.31. The first-order valence-corrected chi connectivity index (χ1v) is 14.7. The van der Waals surface area contributed by atoms with E-state index in [0.717, 1.165) is 11.3 Å². The quantitative estimate of drug-likeness (QED) is 0.313. The summed E-state index contributed by atoms with van der Waals surface area (Å²) < 4.78 is 16.6. The molecule has 0 radical (unpaired) electrons. The molecule has 8 nitrogen and oxygen atoms in total. The van der Waals surface area contributed by atoms with Crippen LogP contribution in [0.3, 0.4) is 0 Å². The van der Waals surface area contributed by atoms with Gasteiger partial charge in [-0.3, -0.25) is 4.79 Å². The van der Waals surface area contributed by atoms with Crippen LogP contribution in [0.1, 0.15) is 71.9 Å². The van der Waals surface area contributed by atoms with E-state index in [1.165, 1.54) is 6.08 Å². The lowest BCUT2D eigenvalue weighted by molar-refractivity contribution is -0.158. The SMILES string of the molecule is C/C(=C/C=C/C(C)=C/c1coc(C)n1)C(O)C(C)C1CC(O)/C(C)=C/C=C/C(C)C2CC(C/C=C\C(=O)O1)CC(=O)O2. The number of aliphatic hydroxyl groups excluding tert-OH is 2. The summed E-state index contributed by atoms with van der Waals surface area (Å²) in [5.41, 5.74) is 3.09. The zero-order valence-electron chi connectivity index (χ0n) is 25.5. The Morgan fingerprint density at radius 1 is 1.17 bits per heavy atom. The summed E-state index contributed by atoms with van der Waals surface area (Å²) in [6, 6.07) is 0. The van der Waals surface area contributed by atoms with E-state index in [1.54, 1.807) is 19.3 Å². The minimum Gasteiger partial charge on any atom is -0.462 e. The highest BCUT2D eigenvalue weighted by Gasteiger charge is 2.32. The van der Waals surface area contributed by atoms with Crippen molar-refractivity contribution in [2.45, 2.75) is 91.6 Å². The number of aryl methyl sites for hydroxylation is 1. The van der Waals surface area contributed by atoms with Gasteiger partial charge in [0.15, 0.2) is 5.89 Å². The van der Waals surface area contributed by atoms with E-state index >= 15 is 0 Å². The fourth-order valence-electron chi connectivity index (χ4n) is 5.15. The molecule has 2 N–H and O–H groups in total. The Bertz CT molecular complexity index is 1260. The molecular weight excluding hydrogens is 534 g/mol. The molecule has 0 aromatic carbocycles. The van der Waals surface area contributed by atoms with Crippen LogP contribution in [0.5, 0.6) is 0 Å². The smallest absolute Gasteiger partial charge is 0.330 e. The van der Waals surface area contributed by atoms with E-state index in [4.69, 9.17) is 13.9 Å². The van der Waals surface area contributed by atoms with Crippen molar-refractivity contribution in [3.05, 3.63) is 83.2 Å². The second-order valence-electron chi connectivity index (χ2n) is 11.6. The van der Waals surface area contributed by atoms with Crippen molar-refractivity contribution < 1.29 is 33.7 Å². The van der Waals surface area contributed by atoms with Crippen LogP contribution in [0.15, 0.2) is 76.0 Å². The molecule has 1 saturated heterocycles. The second kappa shape index (κ2) is 15.7. The number of allylic oxidation sites excluding steroid dienone is 7. The second-order valence-corrected chi connectivity index (χ2v) is 11.6. The molecule has 3 rings (SSSR count). The predicted molar refractivity (Wildman–Crippen MR) is 162 cm³/mol. The van der Waals surface area contributed by atoms with Crippen LogP contribution in [-0.2, 0) is 19.1 Å². The fourth-order valence-corrected chi connectivity index (χ4v) is 5.15. The number of aromatic nitrogens is 1.